The van der Waals surface area contributed by atoms with E-state index in [0.717, 1.165) is 11.1 Å². The molecule has 3 rings (SSSR count). The van der Waals surface area contributed by atoms with E-state index < -0.39 is 10.8 Å². The number of nitrogens with zero attached hydrogens (tertiary/aromatic N) is 4. The first kappa shape index (κ1) is 19.0. The van der Waals surface area contributed by atoms with Gasteiger partial charge in [-0.1, -0.05) is 60.7 Å². The fourth-order valence-corrected chi connectivity index (χ4v) is 2.88. The molecule has 0 unspecified atom stereocenters. The van der Waals surface area contributed by atoms with Gasteiger partial charge in [0.15, 0.2) is 0 Å². The average molecular weight is 377 g/mol. The van der Waals surface area contributed by atoms with Crippen LogP contribution in [0, 0.1) is 24.0 Å². The number of hydrogen-bond acceptors (Lipinski definition) is 5. The van der Waals surface area contributed by atoms with Gasteiger partial charge in [0.2, 0.25) is 0 Å². The van der Waals surface area contributed by atoms with E-state index in [9.17, 15) is 14.9 Å². The molecule has 0 saturated heterocycles. The standard InChI is InChI=1S/C20H19N5O3/c1-14-20(25(27)28)15(2)24(23-14)13-18(26)21-22-19(16-9-5-3-6-10-16)17-11-7-4-8-12-17/h3-12H,13H2,1-2H3,(H,21,26). The van der Waals surface area contributed by atoms with E-state index in [-0.39, 0.29) is 17.9 Å². The second-order valence-electron chi connectivity index (χ2n) is 6.16. The number of aryl methyl sites for hydroxylation is 1. The molecule has 142 valence electrons. The largest absolute Gasteiger partial charge is 0.312 e. The van der Waals surface area contributed by atoms with Crippen molar-refractivity contribution in [1.82, 2.24) is 15.2 Å². The van der Waals surface area contributed by atoms with Crippen LogP contribution in [0.3, 0.4) is 0 Å². The van der Waals surface area contributed by atoms with Crippen LogP contribution in [0.4, 0.5) is 5.69 Å². The van der Waals surface area contributed by atoms with Crippen molar-refractivity contribution in [2.45, 2.75) is 20.4 Å². The highest BCUT2D eigenvalue weighted by Crippen LogP contribution is 2.21. The molecule has 1 amide bonds. The van der Waals surface area contributed by atoms with Crippen molar-refractivity contribution in [1.29, 1.82) is 0 Å². The average Bonchev–Trinajstić information content (AvgIpc) is 2.97. The lowest BCUT2D eigenvalue weighted by Gasteiger charge is -2.08. The summed E-state index contributed by atoms with van der Waals surface area (Å²) in [6.45, 7) is 2.94. The molecule has 0 aliphatic rings. The van der Waals surface area contributed by atoms with E-state index in [1.54, 1.807) is 13.8 Å². The Hall–Kier alpha value is -3.81. The molecule has 1 N–H and O–H groups in total. The number of benzene rings is 2. The van der Waals surface area contributed by atoms with Gasteiger partial charge in [0.05, 0.1) is 10.6 Å². The minimum atomic E-state index is -0.493. The summed E-state index contributed by atoms with van der Waals surface area (Å²) in [6, 6.07) is 19.0. The van der Waals surface area contributed by atoms with Gasteiger partial charge in [-0.25, -0.2) is 5.43 Å². The van der Waals surface area contributed by atoms with Crippen molar-refractivity contribution in [2.75, 3.05) is 0 Å². The van der Waals surface area contributed by atoms with Gasteiger partial charge in [-0.2, -0.15) is 10.2 Å². The minimum Gasteiger partial charge on any atom is -0.271 e. The lowest BCUT2D eigenvalue weighted by atomic mass is 10.0. The van der Waals surface area contributed by atoms with Crippen LogP contribution >= 0.6 is 0 Å². The zero-order valence-electron chi connectivity index (χ0n) is 15.5. The van der Waals surface area contributed by atoms with Crippen molar-refractivity contribution in [3.05, 3.63) is 93.3 Å². The zero-order valence-corrected chi connectivity index (χ0v) is 15.5. The second kappa shape index (κ2) is 8.26. The molecule has 0 aliphatic heterocycles. The van der Waals surface area contributed by atoms with Crippen LogP contribution < -0.4 is 5.43 Å². The molecule has 8 heteroatoms. The topological polar surface area (TPSA) is 102 Å². The summed E-state index contributed by atoms with van der Waals surface area (Å²) in [5.74, 6) is -0.426. The maximum atomic E-state index is 12.4. The van der Waals surface area contributed by atoms with Gasteiger partial charge in [0.1, 0.15) is 17.9 Å². The van der Waals surface area contributed by atoms with E-state index in [1.165, 1.54) is 4.68 Å². The normalized spacial score (nSPS) is 10.4. The molecular formula is C20H19N5O3. The van der Waals surface area contributed by atoms with Crippen LogP contribution in [0.5, 0.6) is 0 Å². The van der Waals surface area contributed by atoms with Crippen LogP contribution in [-0.4, -0.2) is 26.3 Å². The molecule has 0 aliphatic carbocycles. The number of nitrogens with one attached hydrogen (secondary N) is 1. The zero-order chi connectivity index (χ0) is 20.1. The maximum Gasteiger partial charge on any atom is 0.312 e. The van der Waals surface area contributed by atoms with Gasteiger partial charge >= 0.3 is 5.69 Å². The number of hydrogen-bond donors (Lipinski definition) is 1. The van der Waals surface area contributed by atoms with Crippen LogP contribution in [0.1, 0.15) is 22.5 Å². The smallest absolute Gasteiger partial charge is 0.271 e. The Morgan fingerprint density at radius 2 is 1.61 bits per heavy atom. The molecular weight excluding hydrogens is 358 g/mol. The number of rotatable bonds is 6. The van der Waals surface area contributed by atoms with Crippen molar-refractivity contribution in [3.8, 4) is 0 Å². The summed E-state index contributed by atoms with van der Waals surface area (Å²) >= 11 is 0. The van der Waals surface area contributed by atoms with Crippen LogP contribution in [0.15, 0.2) is 65.8 Å². The third-order valence-electron chi connectivity index (χ3n) is 4.21. The molecule has 1 aromatic heterocycles. The van der Waals surface area contributed by atoms with Crippen molar-refractivity contribution >= 4 is 17.3 Å². The predicted octanol–water partition coefficient (Wildman–Crippen LogP) is 2.98. The Morgan fingerprint density at radius 3 is 2.07 bits per heavy atom. The van der Waals surface area contributed by atoms with E-state index in [1.807, 2.05) is 60.7 Å². The van der Waals surface area contributed by atoms with Gasteiger partial charge in [-0.3, -0.25) is 19.6 Å². The lowest BCUT2D eigenvalue weighted by Crippen LogP contribution is -2.26. The molecule has 28 heavy (non-hydrogen) atoms. The maximum absolute atomic E-state index is 12.4. The number of nitro groups is 1. The Bertz CT molecular complexity index is 985. The van der Waals surface area contributed by atoms with E-state index in [0.29, 0.717) is 11.4 Å². The van der Waals surface area contributed by atoms with E-state index in [2.05, 4.69) is 15.6 Å². The van der Waals surface area contributed by atoms with Gasteiger partial charge in [-0.05, 0) is 13.8 Å². The van der Waals surface area contributed by atoms with Crippen molar-refractivity contribution < 1.29 is 9.72 Å². The van der Waals surface area contributed by atoms with Gasteiger partial charge in [-0.15, -0.1) is 0 Å². The highest BCUT2D eigenvalue weighted by Gasteiger charge is 2.22. The quantitative estimate of drug-likeness (QED) is 0.405. The molecule has 0 spiro atoms. The van der Waals surface area contributed by atoms with Crippen molar-refractivity contribution in [3.63, 3.8) is 0 Å². The predicted molar refractivity (Wildman–Crippen MR) is 105 cm³/mol. The third kappa shape index (κ3) is 4.12. The first-order valence-electron chi connectivity index (χ1n) is 8.63. The highest BCUT2D eigenvalue weighted by atomic mass is 16.6. The molecule has 0 saturated carbocycles. The summed E-state index contributed by atoms with van der Waals surface area (Å²) in [5, 5.41) is 19.5. The summed E-state index contributed by atoms with van der Waals surface area (Å²) in [5.41, 5.74) is 5.39. The summed E-state index contributed by atoms with van der Waals surface area (Å²) in [6.07, 6.45) is 0. The third-order valence-corrected chi connectivity index (χ3v) is 4.21. The minimum absolute atomic E-state index is 0.0782. The first-order chi connectivity index (χ1) is 13.5. The fourth-order valence-electron chi connectivity index (χ4n) is 2.88. The fraction of sp³-hybridized carbons (Fsp3) is 0.150. The number of amides is 1. The van der Waals surface area contributed by atoms with Crippen LogP contribution in [0.2, 0.25) is 0 Å². The van der Waals surface area contributed by atoms with Crippen LogP contribution in [-0.2, 0) is 11.3 Å². The van der Waals surface area contributed by atoms with Crippen LogP contribution in [0.25, 0.3) is 0 Å². The Morgan fingerprint density at radius 1 is 1.07 bits per heavy atom. The van der Waals surface area contributed by atoms with Gasteiger partial charge in [0, 0.05) is 11.1 Å². The molecule has 0 radical (unpaired) electrons. The van der Waals surface area contributed by atoms with E-state index in [4.69, 9.17) is 0 Å². The Labute approximate surface area is 161 Å². The van der Waals surface area contributed by atoms with Gasteiger partial charge < -0.3 is 0 Å². The summed E-state index contributed by atoms with van der Waals surface area (Å²) < 4.78 is 1.31. The van der Waals surface area contributed by atoms with Crippen molar-refractivity contribution in [2.24, 2.45) is 5.10 Å². The summed E-state index contributed by atoms with van der Waals surface area (Å²) in [7, 11) is 0. The number of aromatic nitrogens is 2. The SMILES string of the molecule is Cc1nn(CC(=O)NN=C(c2ccccc2)c2ccccc2)c(C)c1[N+](=O)[O-]. The molecule has 8 nitrogen and oxygen atoms in total. The molecule has 0 atom stereocenters. The molecule has 2 aromatic carbocycles. The first-order valence-corrected chi connectivity index (χ1v) is 8.63. The Balaban J connectivity index is 1.83. The molecule has 1 heterocycles. The van der Waals surface area contributed by atoms with Gasteiger partial charge in [0.25, 0.3) is 5.91 Å². The number of carbonyl (C=O) groups excluding carboxylic acids is 1. The molecule has 0 fully saturated rings. The number of carbonyl (C=O) groups is 1. The highest BCUT2D eigenvalue weighted by molar-refractivity contribution is 6.13. The lowest BCUT2D eigenvalue weighted by molar-refractivity contribution is -0.386. The van der Waals surface area contributed by atoms with E-state index >= 15 is 0 Å². The number of hydrazone groups is 1. The summed E-state index contributed by atoms with van der Waals surface area (Å²) in [4.78, 5) is 23.0. The molecule has 3 aromatic rings. The monoisotopic (exact) mass is 377 g/mol. The molecule has 0 bridgehead atoms. The second-order valence-corrected chi connectivity index (χ2v) is 6.16. The Kier molecular flexibility index (Phi) is 5.59.